The molecule has 0 aliphatic carbocycles. The largest absolute Gasteiger partial charge is 0.481 e. The Morgan fingerprint density at radius 1 is 1.24 bits per heavy atom. The number of amides is 1. The first kappa shape index (κ1) is 14.1. The van der Waals surface area contributed by atoms with Crippen LogP contribution in [-0.2, 0) is 22.6 Å². The zero-order valence-electron chi connectivity index (χ0n) is 11.9. The van der Waals surface area contributed by atoms with E-state index in [1.165, 1.54) is 11.1 Å². The van der Waals surface area contributed by atoms with Crippen LogP contribution in [0.1, 0.15) is 24.0 Å². The van der Waals surface area contributed by atoms with Gasteiger partial charge in [0.25, 0.3) is 0 Å². The van der Waals surface area contributed by atoms with E-state index in [2.05, 4.69) is 17.4 Å². The molecular formula is C16H20N2O3. The summed E-state index contributed by atoms with van der Waals surface area (Å²) >= 11 is 0. The Bertz CT molecular complexity index is 558. The van der Waals surface area contributed by atoms with Gasteiger partial charge in [-0.25, -0.2) is 0 Å². The smallest absolute Gasteiger partial charge is 0.308 e. The van der Waals surface area contributed by atoms with Crippen molar-refractivity contribution in [1.29, 1.82) is 0 Å². The highest BCUT2D eigenvalue weighted by Crippen LogP contribution is 2.21. The average Bonchev–Trinajstić information content (AvgIpc) is 2.53. The number of nitrogens with one attached hydrogen (secondary N) is 1. The van der Waals surface area contributed by atoms with Crippen molar-refractivity contribution < 1.29 is 14.7 Å². The van der Waals surface area contributed by atoms with E-state index < -0.39 is 11.9 Å². The molecule has 1 aromatic carbocycles. The molecule has 2 aliphatic rings. The molecule has 3 rings (SSSR count). The summed E-state index contributed by atoms with van der Waals surface area (Å²) in [6, 6.07) is 7.90. The number of nitrogens with zero attached hydrogens (tertiary/aromatic N) is 1. The second-order valence-corrected chi connectivity index (χ2v) is 5.87. The maximum atomic E-state index is 12.6. The predicted molar refractivity (Wildman–Crippen MR) is 77.7 cm³/mol. The molecule has 2 atom stereocenters. The third-order valence-electron chi connectivity index (χ3n) is 4.46. The molecule has 21 heavy (non-hydrogen) atoms. The van der Waals surface area contributed by atoms with E-state index in [1.54, 1.807) is 4.90 Å². The molecular weight excluding hydrogens is 268 g/mol. The molecule has 1 fully saturated rings. The summed E-state index contributed by atoms with van der Waals surface area (Å²) in [5.74, 6) is -1.18. The molecule has 0 saturated carbocycles. The van der Waals surface area contributed by atoms with Crippen molar-refractivity contribution in [3.63, 3.8) is 0 Å². The first-order valence-corrected chi connectivity index (χ1v) is 7.47. The Balaban J connectivity index is 1.67. The van der Waals surface area contributed by atoms with Crippen LogP contribution in [0.2, 0.25) is 0 Å². The minimum Gasteiger partial charge on any atom is -0.481 e. The van der Waals surface area contributed by atoms with Gasteiger partial charge in [0.2, 0.25) is 5.91 Å². The minimum atomic E-state index is -0.797. The summed E-state index contributed by atoms with van der Waals surface area (Å²) in [5.41, 5.74) is 2.45. The zero-order chi connectivity index (χ0) is 14.8. The van der Waals surface area contributed by atoms with Crippen molar-refractivity contribution in [3.8, 4) is 0 Å². The highest BCUT2D eigenvalue weighted by Gasteiger charge is 2.33. The molecule has 2 heterocycles. The van der Waals surface area contributed by atoms with Crippen molar-refractivity contribution in [2.75, 3.05) is 13.1 Å². The van der Waals surface area contributed by atoms with Gasteiger partial charge in [-0.1, -0.05) is 24.3 Å². The second kappa shape index (κ2) is 5.85. The highest BCUT2D eigenvalue weighted by molar-refractivity contribution is 5.83. The van der Waals surface area contributed by atoms with Crippen molar-refractivity contribution >= 4 is 11.9 Å². The van der Waals surface area contributed by atoms with Crippen LogP contribution < -0.4 is 5.32 Å². The van der Waals surface area contributed by atoms with Crippen LogP contribution in [0.15, 0.2) is 24.3 Å². The molecule has 2 unspecified atom stereocenters. The fourth-order valence-electron chi connectivity index (χ4n) is 3.23. The number of piperidine rings is 1. The van der Waals surface area contributed by atoms with Gasteiger partial charge in [0.15, 0.2) is 0 Å². The standard InChI is InChI=1S/C16H20N2O3/c19-15(18-7-3-6-13(10-18)16(20)21)14-8-11-4-1-2-5-12(11)9-17-14/h1-2,4-5,13-14,17H,3,6-10H2,(H,20,21). The lowest BCUT2D eigenvalue weighted by molar-refractivity contribution is -0.146. The van der Waals surface area contributed by atoms with Crippen LogP contribution in [0.4, 0.5) is 0 Å². The predicted octanol–water partition coefficient (Wildman–Crippen LogP) is 1.02. The number of carbonyl (C=O) groups excluding carboxylic acids is 1. The van der Waals surface area contributed by atoms with Gasteiger partial charge in [-0.05, 0) is 30.4 Å². The Kier molecular flexibility index (Phi) is 3.92. The fraction of sp³-hybridized carbons (Fsp3) is 0.500. The number of carbonyl (C=O) groups is 2. The second-order valence-electron chi connectivity index (χ2n) is 5.87. The van der Waals surface area contributed by atoms with Gasteiger partial charge in [0.05, 0.1) is 12.0 Å². The molecule has 0 radical (unpaired) electrons. The van der Waals surface area contributed by atoms with E-state index >= 15 is 0 Å². The molecule has 5 nitrogen and oxygen atoms in total. The van der Waals surface area contributed by atoms with Gasteiger partial charge in [-0.2, -0.15) is 0 Å². The summed E-state index contributed by atoms with van der Waals surface area (Å²) in [7, 11) is 0. The van der Waals surface area contributed by atoms with Crippen molar-refractivity contribution in [2.45, 2.75) is 31.8 Å². The lowest BCUT2D eigenvalue weighted by Gasteiger charge is -2.35. The molecule has 0 aromatic heterocycles. The van der Waals surface area contributed by atoms with Crippen molar-refractivity contribution in [3.05, 3.63) is 35.4 Å². The zero-order valence-corrected chi connectivity index (χ0v) is 11.9. The Morgan fingerprint density at radius 3 is 2.76 bits per heavy atom. The van der Waals surface area contributed by atoms with Gasteiger partial charge in [-0.15, -0.1) is 0 Å². The number of likely N-dealkylation sites (tertiary alicyclic amines) is 1. The minimum absolute atomic E-state index is 0.0375. The van der Waals surface area contributed by atoms with Gasteiger partial charge >= 0.3 is 5.97 Å². The molecule has 0 bridgehead atoms. The molecule has 5 heteroatoms. The third kappa shape index (κ3) is 2.93. The lowest BCUT2D eigenvalue weighted by atomic mass is 9.93. The highest BCUT2D eigenvalue weighted by atomic mass is 16.4. The van der Waals surface area contributed by atoms with E-state index in [9.17, 15) is 9.59 Å². The summed E-state index contributed by atoms with van der Waals surface area (Å²) in [5, 5.41) is 12.4. The molecule has 1 aromatic rings. The number of carboxylic acids is 1. The number of carboxylic acid groups (broad SMARTS) is 1. The molecule has 2 aliphatic heterocycles. The van der Waals surface area contributed by atoms with Gasteiger partial charge in [0.1, 0.15) is 0 Å². The quantitative estimate of drug-likeness (QED) is 0.852. The van der Waals surface area contributed by atoms with E-state index in [-0.39, 0.29) is 11.9 Å². The molecule has 112 valence electrons. The van der Waals surface area contributed by atoms with Crippen molar-refractivity contribution in [1.82, 2.24) is 10.2 Å². The van der Waals surface area contributed by atoms with Gasteiger partial charge < -0.3 is 15.3 Å². The van der Waals surface area contributed by atoms with Crippen LogP contribution >= 0.6 is 0 Å². The van der Waals surface area contributed by atoms with Gasteiger partial charge in [-0.3, -0.25) is 9.59 Å². The van der Waals surface area contributed by atoms with Crippen LogP contribution in [-0.4, -0.2) is 41.0 Å². The Morgan fingerprint density at radius 2 is 2.00 bits per heavy atom. The van der Waals surface area contributed by atoms with Crippen LogP contribution in [0.25, 0.3) is 0 Å². The number of aliphatic carboxylic acids is 1. The summed E-state index contributed by atoms with van der Waals surface area (Å²) in [4.78, 5) is 25.4. The Labute approximate surface area is 123 Å². The summed E-state index contributed by atoms with van der Waals surface area (Å²) < 4.78 is 0. The average molecular weight is 288 g/mol. The molecule has 1 saturated heterocycles. The topological polar surface area (TPSA) is 69.6 Å². The number of benzene rings is 1. The molecule has 0 spiro atoms. The van der Waals surface area contributed by atoms with E-state index in [4.69, 9.17) is 5.11 Å². The lowest BCUT2D eigenvalue weighted by Crippen LogP contribution is -2.52. The van der Waals surface area contributed by atoms with E-state index in [0.29, 0.717) is 32.5 Å². The summed E-state index contributed by atoms with van der Waals surface area (Å²) in [6.07, 6.45) is 2.12. The monoisotopic (exact) mass is 288 g/mol. The number of hydrogen-bond acceptors (Lipinski definition) is 3. The third-order valence-corrected chi connectivity index (χ3v) is 4.46. The van der Waals surface area contributed by atoms with Crippen molar-refractivity contribution in [2.24, 2.45) is 5.92 Å². The normalized spacial score (nSPS) is 25.2. The number of hydrogen-bond donors (Lipinski definition) is 2. The number of rotatable bonds is 2. The van der Waals surface area contributed by atoms with Gasteiger partial charge in [0, 0.05) is 19.6 Å². The Hall–Kier alpha value is -1.88. The fourth-order valence-corrected chi connectivity index (χ4v) is 3.23. The maximum Gasteiger partial charge on any atom is 0.308 e. The van der Waals surface area contributed by atoms with E-state index in [1.807, 2.05) is 12.1 Å². The molecule has 1 amide bonds. The number of fused-ring (bicyclic) bond motifs is 1. The van der Waals surface area contributed by atoms with Crippen LogP contribution in [0, 0.1) is 5.92 Å². The first-order chi connectivity index (χ1) is 10.1. The summed E-state index contributed by atoms with van der Waals surface area (Å²) in [6.45, 7) is 1.71. The maximum absolute atomic E-state index is 12.6. The van der Waals surface area contributed by atoms with Crippen LogP contribution in [0.5, 0.6) is 0 Å². The van der Waals surface area contributed by atoms with E-state index in [0.717, 1.165) is 6.42 Å². The first-order valence-electron chi connectivity index (χ1n) is 7.47. The van der Waals surface area contributed by atoms with Crippen LogP contribution in [0.3, 0.4) is 0 Å². The molecule has 2 N–H and O–H groups in total. The SMILES string of the molecule is O=C(O)C1CCCN(C(=O)C2Cc3ccccc3CN2)C1.